The molecular weight excluding hydrogens is 549 g/mol. The van der Waals surface area contributed by atoms with Crippen molar-refractivity contribution in [3.05, 3.63) is 95.3 Å². The highest BCUT2D eigenvalue weighted by atomic mass is 32.2. The highest BCUT2D eigenvalue weighted by Gasteiger charge is 2.26. The van der Waals surface area contributed by atoms with Crippen molar-refractivity contribution in [2.24, 2.45) is 21.6 Å². The molecule has 3 aromatic rings. The number of benzene rings is 2. The van der Waals surface area contributed by atoms with Gasteiger partial charge in [0, 0.05) is 42.1 Å². The van der Waals surface area contributed by atoms with Crippen LogP contribution < -0.4 is 16.4 Å². The zero-order chi connectivity index (χ0) is 30.5. The molecule has 8 nitrogen and oxygen atoms in total. The second-order valence-corrected chi connectivity index (χ2v) is 12.3. The zero-order valence-electron chi connectivity index (χ0n) is 24.7. The number of aryl methyl sites for hydroxylation is 2. The van der Waals surface area contributed by atoms with Crippen LogP contribution in [0.3, 0.4) is 0 Å². The smallest absolute Gasteiger partial charge is 0.131 e. The lowest BCUT2D eigenvalue weighted by Gasteiger charge is -2.35. The maximum absolute atomic E-state index is 13.8. The molecule has 1 saturated heterocycles. The van der Waals surface area contributed by atoms with Crippen LogP contribution in [0.5, 0.6) is 0 Å². The van der Waals surface area contributed by atoms with Crippen LogP contribution in [0.2, 0.25) is 0 Å². The highest BCUT2D eigenvalue weighted by Crippen LogP contribution is 2.25. The lowest BCUT2D eigenvalue weighted by Crippen LogP contribution is -2.42. The van der Waals surface area contributed by atoms with Gasteiger partial charge in [0.15, 0.2) is 0 Å². The molecule has 4 N–H and O–H groups in total. The van der Waals surface area contributed by atoms with Crippen molar-refractivity contribution in [1.82, 2.24) is 14.6 Å². The molecule has 0 saturated carbocycles. The van der Waals surface area contributed by atoms with Crippen molar-refractivity contribution in [2.45, 2.75) is 38.1 Å². The topological polar surface area (TPSA) is 108 Å². The number of allylic oxidation sites excluding steroid dienone is 1. The van der Waals surface area contributed by atoms with Gasteiger partial charge in [0.05, 0.1) is 21.1 Å². The standard InChI is InChI=1S/C31H37FN6OS.CH5N/c1-23-19-27(12-15-30(23)32)37-31(33-3)16-17-35-26-10-13-29(14-11-26)40(4,39)38-18-6-8-25(22-38)20-34-21-28-9-5-7-24(2)36-28;1-2/h5,7,9-17,19,25,34,37H,3-4,6,8,18,20-22H2,1-2H3;2H2,1H3/b31-16+,35-17?;. The van der Waals surface area contributed by atoms with Crippen LogP contribution in [0, 0.1) is 25.6 Å². The largest absolute Gasteiger partial charge is 0.340 e. The summed E-state index contributed by atoms with van der Waals surface area (Å²) in [5.41, 5.74) is 8.50. The van der Waals surface area contributed by atoms with E-state index >= 15 is 0 Å². The highest BCUT2D eigenvalue weighted by molar-refractivity contribution is 7.98. The molecule has 0 radical (unpaired) electrons. The van der Waals surface area contributed by atoms with Gasteiger partial charge in [0.25, 0.3) is 0 Å². The Kier molecular flexibility index (Phi) is 12.6. The van der Waals surface area contributed by atoms with Gasteiger partial charge in [-0.2, -0.15) is 0 Å². The van der Waals surface area contributed by atoms with Crippen molar-refractivity contribution < 1.29 is 8.60 Å². The van der Waals surface area contributed by atoms with Crippen LogP contribution >= 0.6 is 0 Å². The predicted octanol–water partition coefficient (Wildman–Crippen LogP) is 5.26. The molecule has 0 spiro atoms. The normalized spacial score (nSPS) is 17.3. The number of nitrogens with two attached hydrogens (primary N) is 1. The number of hydrogen-bond donors (Lipinski definition) is 3. The van der Waals surface area contributed by atoms with E-state index in [1.807, 2.05) is 53.7 Å². The number of anilines is 1. The van der Waals surface area contributed by atoms with Gasteiger partial charge in [-0.05, 0) is 125 Å². The number of halogens is 1. The average molecular weight is 592 g/mol. The first-order valence-corrected chi connectivity index (χ1v) is 15.6. The number of pyridine rings is 1. The Bertz CT molecular complexity index is 1490. The van der Waals surface area contributed by atoms with Gasteiger partial charge in [0.1, 0.15) is 11.6 Å². The second-order valence-electron chi connectivity index (χ2n) is 10.0. The quantitative estimate of drug-likeness (QED) is 0.208. The van der Waals surface area contributed by atoms with E-state index in [1.54, 1.807) is 31.3 Å². The van der Waals surface area contributed by atoms with E-state index in [4.69, 9.17) is 0 Å². The fraction of sp³-hybridized carbons (Fsp3) is 0.312. The van der Waals surface area contributed by atoms with E-state index in [0.29, 0.717) is 33.6 Å². The lowest BCUT2D eigenvalue weighted by molar-refractivity contribution is 0.268. The Balaban J connectivity index is 0.00000237. The second kappa shape index (κ2) is 16.1. The summed E-state index contributed by atoms with van der Waals surface area (Å²) in [5, 5.41) is 6.60. The minimum atomic E-state index is -2.60. The van der Waals surface area contributed by atoms with Crippen LogP contribution in [0.15, 0.2) is 87.4 Å². The monoisotopic (exact) mass is 591 g/mol. The fourth-order valence-corrected chi connectivity index (χ4v) is 6.39. The van der Waals surface area contributed by atoms with E-state index in [9.17, 15) is 8.60 Å². The number of aromatic nitrogens is 1. The third kappa shape index (κ3) is 9.42. The Labute approximate surface area is 249 Å². The van der Waals surface area contributed by atoms with E-state index < -0.39 is 9.71 Å². The molecule has 1 aromatic heterocycles. The molecule has 1 aliphatic heterocycles. The molecule has 1 fully saturated rings. The fourth-order valence-electron chi connectivity index (χ4n) is 4.66. The van der Waals surface area contributed by atoms with Gasteiger partial charge in [-0.1, -0.05) is 6.07 Å². The Morgan fingerprint density at radius 1 is 1.19 bits per heavy atom. The average Bonchev–Trinajstić information content (AvgIpc) is 3.00. The number of nitrogens with zero attached hydrogens (tertiary/aromatic N) is 4. The molecule has 1 aliphatic rings. The molecule has 0 amide bonds. The van der Waals surface area contributed by atoms with E-state index in [0.717, 1.165) is 50.4 Å². The van der Waals surface area contributed by atoms with E-state index in [-0.39, 0.29) is 5.82 Å². The minimum absolute atomic E-state index is 0.261. The molecule has 224 valence electrons. The first-order valence-electron chi connectivity index (χ1n) is 13.9. The molecule has 42 heavy (non-hydrogen) atoms. The maximum atomic E-state index is 13.8. The predicted molar refractivity (Wildman–Crippen MR) is 176 cm³/mol. The third-order valence-electron chi connectivity index (χ3n) is 6.85. The molecule has 2 aromatic carbocycles. The molecule has 2 heterocycles. The van der Waals surface area contributed by atoms with E-state index in [2.05, 4.69) is 43.9 Å². The Hall–Kier alpha value is -3.70. The van der Waals surface area contributed by atoms with Crippen LogP contribution in [0.4, 0.5) is 15.8 Å². The van der Waals surface area contributed by atoms with Gasteiger partial charge in [-0.3, -0.25) is 9.98 Å². The number of piperidine rings is 1. The number of rotatable bonds is 11. The molecule has 4 rings (SSSR count). The maximum Gasteiger partial charge on any atom is 0.131 e. The summed E-state index contributed by atoms with van der Waals surface area (Å²) in [6.07, 6.45) is 5.37. The first kappa shape index (κ1) is 32.8. The lowest BCUT2D eigenvalue weighted by atomic mass is 10.00. The number of aliphatic imine (C=N–C) groups is 2. The van der Waals surface area contributed by atoms with Gasteiger partial charge >= 0.3 is 0 Å². The first-order chi connectivity index (χ1) is 20.2. The van der Waals surface area contributed by atoms with Crippen molar-refractivity contribution in [1.29, 1.82) is 0 Å². The van der Waals surface area contributed by atoms with Crippen molar-refractivity contribution in [3.8, 4) is 0 Å². The summed E-state index contributed by atoms with van der Waals surface area (Å²) in [6.45, 7) is 10.3. The zero-order valence-corrected chi connectivity index (χ0v) is 25.5. The van der Waals surface area contributed by atoms with Gasteiger partial charge < -0.3 is 16.4 Å². The van der Waals surface area contributed by atoms with Crippen LogP contribution in [0.25, 0.3) is 0 Å². The molecule has 0 aliphatic carbocycles. The van der Waals surface area contributed by atoms with Crippen LogP contribution in [-0.2, 0) is 16.3 Å². The molecule has 2 atom stereocenters. The molecule has 2 unspecified atom stereocenters. The summed E-state index contributed by atoms with van der Waals surface area (Å²) >= 11 is 0. The van der Waals surface area contributed by atoms with Crippen molar-refractivity contribution in [2.75, 3.05) is 32.0 Å². The van der Waals surface area contributed by atoms with Gasteiger partial charge in [-0.25, -0.2) is 17.9 Å². The van der Waals surface area contributed by atoms with Crippen molar-refractivity contribution in [3.63, 3.8) is 0 Å². The summed E-state index contributed by atoms with van der Waals surface area (Å²) in [4.78, 5) is 13.7. The third-order valence-corrected chi connectivity index (χ3v) is 9.02. The van der Waals surface area contributed by atoms with Gasteiger partial charge in [0.2, 0.25) is 0 Å². The summed E-state index contributed by atoms with van der Waals surface area (Å²) in [7, 11) is -1.10. The number of nitrogens with one attached hydrogen (secondary N) is 2. The van der Waals surface area contributed by atoms with Crippen molar-refractivity contribution >= 4 is 39.9 Å². The van der Waals surface area contributed by atoms with E-state index in [1.165, 1.54) is 13.1 Å². The summed E-state index contributed by atoms with van der Waals surface area (Å²) < 4.78 is 29.3. The minimum Gasteiger partial charge on any atom is -0.340 e. The SMILES string of the molecule is C=N/C(=C\C=Nc1ccc(S(=C)(=O)N2CCCC(CNCc3cccc(C)n3)C2)cc1)Nc1ccc(F)c(C)c1.CN. The molecule has 0 bridgehead atoms. The van der Waals surface area contributed by atoms with Crippen LogP contribution in [0.1, 0.15) is 29.8 Å². The molecule has 10 heteroatoms. The Morgan fingerprint density at radius 3 is 2.64 bits per heavy atom. The summed E-state index contributed by atoms with van der Waals surface area (Å²) in [6, 6.07) is 18.1. The number of hydrogen-bond acceptors (Lipinski definition) is 7. The molecular formula is C32H42FN7OS. The summed E-state index contributed by atoms with van der Waals surface area (Å²) in [5.74, 6) is 4.76. The Morgan fingerprint density at radius 2 is 1.95 bits per heavy atom. The van der Waals surface area contributed by atoms with Gasteiger partial charge in [-0.15, -0.1) is 0 Å². The van der Waals surface area contributed by atoms with Crippen LogP contribution in [-0.4, -0.2) is 59.0 Å².